The molecule has 86 valence electrons. The molecule has 16 heavy (non-hydrogen) atoms. The van der Waals surface area contributed by atoms with Crippen molar-refractivity contribution in [2.75, 3.05) is 6.54 Å². The highest BCUT2D eigenvalue weighted by atomic mass is 79.9. The minimum absolute atomic E-state index is 0.660. The quantitative estimate of drug-likeness (QED) is 0.888. The van der Waals surface area contributed by atoms with E-state index in [0.717, 1.165) is 16.5 Å². The van der Waals surface area contributed by atoms with Crippen LogP contribution in [0.3, 0.4) is 0 Å². The zero-order valence-electron chi connectivity index (χ0n) is 9.72. The number of hydrogen-bond donors (Lipinski definition) is 1. The fourth-order valence-electron chi connectivity index (χ4n) is 2.23. The van der Waals surface area contributed by atoms with Crippen molar-refractivity contribution in [3.8, 4) is 0 Å². The Morgan fingerprint density at radius 3 is 2.94 bits per heavy atom. The van der Waals surface area contributed by atoms with Crippen molar-refractivity contribution < 1.29 is 0 Å². The first kappa shape index (κ1) is 11.9. The minimum atomic E-state index is 0.660. The van der Waals surface area contributed by atoms with Gasteiger partial charge in [-0.3, -0.25) is 0 Å². The number of nitrogens with one attached hydrogen (secondary N) is 1. The Morgan fingerprint density at radius 2 is 2.31 bits per heavy atom. The Kier molecular flexibility index (Phi) is 3.82. The van der Waals surface area contributed by atoms with Gasteiger partial charge in [0, 0.05) is 10.5 Å². The fourth-order valence-corrected chi connectivity index (χ4v) is 2.77. The smallest absolute Gasteiger partial charge is 0.0184 e. The van der Waals surface area contributed by atoms with E-state index in [-0.39, 0.29) is 0 Å². The molecule has 1 N–H and O–H groups in total. The van der Waals surface area contributed by atoms with E-state index in [1.807, 2.05) is 0 Å². The fraction of sp³-hybridized carbons (Fsp3) is 0.429. The molecule has 1 unspecified atom stereocenters. The van der Waals surface area contributed by atoms with E-state index in [4.69, 9.17) is 0 Å². The van der Waals surface area contributed by atoms with Crippen molar-refractivity contribution in [1.29, 1.82) is 0 Å². The summed E-state index contributed by atoms with van der Waals surface area (Å²) < 4.78 is 1.15. The molecule has 1 fully saturated rings. The van der Waals surface area contributed by atoms with Crippen molar-refractivity contribution >= 4 is 21.5 Å². The van der Waals surface area contributed by atoms with Gasteiger partial charge >= 0.3 is 0 Å². The van der Waals surface area contributed by atoms with Crippen LogP contribution in [-0.2, 0) is 6.42 Å². The molecular weight excluding hydrogens is 262 g/mol. The molecule has 0 saturated carbocycles. The summed E-state index contributed by atoms with van der Waals surface area (Å²) in [4.78, 5) is 0. The van der Waals surface area contributed by atoms with Gasteiger partial charge in [0.25, 0.3) is 0 Å². The van der Waals surface area contributed by atoms with Crippen LogP contribution in [-0.4, -0.2) is 12.6 Å². The molecule has 0 spiro atoms. The Bertz CT molecular complexity index is 392. The standard InChI is InChI=1S/C14H18BrN/c1-10(2)12-6-11(7-13(15)9-12)8-14-4-3-5-16-14/h6-7,9,14,16H,1,3-5,8H2,2H3. The molecule has 1 aliphatic rings. The summed E-state index contributed by atoms with van der Waals surface area (Å²) in [7, 11) is 0. The van der Waals surface area contributed by atoms with E-state index in [2.05, 4.69) is 52.9 Å². The summed E-state index contributed by atoms with van der Waals surface area (Å²) in [6.45, 7) is 7.23. The second-order valence-electron chi connectivity index (χ2n) is 4.63. The predicted octanol–water partition coefficient (Wildman–Crippen LogP) is 3.78. The van der Waals surface area contributed by atoms with E-state index in [1.54, 1.807) is 0 Å². The summed E-state index contributed by atoms with van der Waals surface area (Å²) in [5.74, 6) is 0. The summed E-state index contributed by atoms with van der Waals surface area (Å²) in [6, 6.07) is 7.26. The first-order chi connectivity index (χ1) is 7.65. The monoisotopic (exact) mass is 279 g/mol. The molecule has 0 amide bonds. The van der Waals surface area contributed by atoms with Gasteiger partial charge in [-0.15, -0.1) is 0 Å². The van der Waals surface area contributed by atoms with E-state index in [0.29, 0.717) is 6.04 Å². The number of allylic oxidation sites excluding steroid dienone is 1. The third-order valence-electron chi connectivity index (χ3n) is 3.09. The Hall–Kier alpha value is -0.600. The lowest BCUT2D eigenvalue weighted by Gasteiger charge is -2.12. The van der Waals surface area contributed by atoms with Crippen molar-refractivity contribution in [1.82, 2.24) is 5.32 Å². The first-order valence-corrected chi connectivity index (χ1v) is 6.63. The molecule has 1 aromatic carbocycles. The third-order valence-corrected chi connectivity index (χ3v) is 3.55. The first-order valence-electron chi connectivity index (χ1n) is 5.84. The molecule has 1 nitrogen and oxygen atoms in total. The predicted molar refractivity (Wildman–Crippen MR) is 73.6 cm³/mol. The lowest BCUT2D eigenvalue weighted by atomic mass is 10.0. The number of rotatable bonds is 3. The molecule has 1 aromatic rings. The molecule has 1 heterocycles. The zero-order chi connectivity index (χ0) is 11.5. The van der Waals surface area contributed by atoms with Gasteiger partial charge in [-0.2, -0.15) is 0 Å². The lowest BCUT2D eigenvalue weighted by Crippen LogP contribution is -2.23. The van der Waals surface area contributed by atoms with Gasteiger partial charge in [0.15, 0.2) is 0 Å². The van der Waals surface area contributed by atoms with Crippen LogP contribution in [0.4, 0.5) is 0 Å². The van der Waals surface area contributed by atoms with Crippen LogP contribution < -0.4 is 5.32 Å². The maximum absolute atomic E-state index is 4.00. The van der Waals surface area contributed by atoms with Crippen molar-refractivity contribution in [3.63, 3.8) is 0 Å². The van der Waals surface area contributed by atoms with Crippen molar-refractivity contribution in [2.24, 2.45) is 0 Å². The van der Waals surface area contributed by atoms with Crippen LogP contribution in [0.25, 0.3) is 5.57 Å². The van der Waals surface area contributed by atoms with Crippen LogP contribution in [0.1, 0.15) is 30.9 Å². The number of halogens is 1. The summed E-state index contributed by atoms with van der Waals surface area (Å²) in [5.41, 5.74) is 3.76. The van der Waals surface area contributed by atoms with Crippen LogP contribution in [0, 0.1) is 0 Å². The van der Waals surface area contributed by atoms with Gasteiger partial charge in [0.05, 0.1) is 0 Å². The van der Waals surface area contributed by atoms with E-state index >= 15 is 0 Å². The molecule has 2 heteroatoms. The average molecular weight is 280 g/mol. The number of hydrogen-bond acceptors (Lipinski definition) is 1. The van der Waals surface area contributed by atoms with Crippen LogP contribution in [0.2, 0.25) is 0 Å². The van der Waals surface area contributed by atoms with Gasteiger partial charge in [-0.25, -0.2) is 0 Å². The largest absolute Gasteiger partial charge is 0.314 e. The maximum atomic E-state index is 4.00. The highest BCUT2D eigenvalue weighted by molar-refractivity contribution is 9.10. The van der Waals surface area contributed by atoms with Gasteiger partial charge < -0.3 is 5.32 Å². The SMILES string of the molecule is C=C(C)c1cc(Br)cc(CC2CCCN2)c1. The van der Waals surface area contributed by atoms with Gasteiger partial charge in [-0.05, 0) is 56.0 Å². The minimum Gasteiger partial charge on any atom is -0.314 e. The Balaban J connectivity index is 2.16. The molecule has 0 radical (unpaired) electrons. The van der Waals surface area contributed by atoms with Gasteiger partial charge in [0.1, 0.15) is 0 Å². The lowest BCUT2D eigenvalue weighted by molar-refractivity contribution is 0.603. The highest BCUT2D eigenvalue weighted by Gasteiger charge is 2.14. The zero-order valence-corrected chi connectivity index (χ0v) is 11.3. The third kappa shape index (κ3) is 2.96. The second kappa shape index (κ2) is 5.15. The molecular formula is C14H18BrN. The van der Waals surface area contributed by atoms with Crippen molar-refractivity contribution in [3.05, 3.63) is 40.4 Å². The Labute approximate surface area is 106 Å². The van der Waals surface area contributed by atoms with Crippen LogP contribution in [0.5, 0.6) is 0 Å². The highest BCUT2D eigenvalue weighted by Crippen LogP contribution is 2.22. The molecule has 0 aliphatic carbocycles. The topological polar surface area (TPSA) is 12.0 Å². The van der Waals surface area contributed by atoms with Crippen LogP contribution >= 0.6 is 15.9 Å². The van der Waals surface area contributed by atoms with Gasteiger partial charge in [0.2, 0.25) is 0 Å². The molecule has 2 rings (SSSR count). The molecule has 0 aromatic heterocycles. The van der Waals surface area contributed by atoms with E-state index in [9.17, 15) is 0 Å². The molecule has 1 atom stereocenters. The Morgan fingerprint density at radius 1 is 1.50 bits per heavy atom. The van der Waals surface area contributed by atoms with Gasteiger partial charge in [-0.1, -0.05) is 34.1 Å². The summed E-state index contributed by atoms with van der Waals surface area (Å²) in [5, 5.41) is 3.54. The summed E-state index contributed by atoms with van der Waals surface area (Å²) in [6.07, 6.45) is 3.74. The maximum Gasteiger partial charge on any atom is 0.0184 e. The van der Waals surface area contributed by atoms with E-state index < -0.39 is 0 Å². The molecule has 0 bridgehead atoms. The van der Waals surface area contributed by atoms with Crippen molar-refractivity contribution in [2.45, 2.75) is 32.2 Å². The molecule has 1 aliphatic heterocycles. The summed E-state index contributed by atoms with van der Waals surface area (Å²) >= 11 is 3.57. The molecule has 1 saturated heterocycles. The average Bonchev–Trinajstić information content (AvgIpc) is 2.69. The van der Waals surface area contributed by atoms with E-state index in [1.165, 1.54) is 30.5 Å². The normalized spacial score (nSPS) is 20.0. The van der Waals surface area contributed by atoms with Crippen LogP contribution in [0.15, 0.2) is 29.3 Å². The second-order valence-corrected chi connectivity index (χ2v) is 5.54. The number of benzene rings is 1.